The van der Waals surface area contributed by atoms with E-state index >= 15 is 0 Å². The van der Waals surface area contributed by atoms with Crippen LogP contribution in [0, 0.1) is 0 Å². The lowest BCUT2D eigenvalue weighted by molar-refractivity contribution is -0.117. The molecule has 0 spiro atoms. The van der Waals surface area contributed by atoms with Crippen LogP contribution in [0.4, 0.5) is 5.69 Å². The standard InChI is InChI=1S/C16H12BrCl2NO/c1-20-13-6-5-9(7-10(13)8-14(20)21)16(17)15-11(18)3-2-4-12(15)19/h2-7,16H,8H2,1H3. The van der Waals surface area contributed by atoms with Crippen LogP contribution in [0.1, 0.15) is 21.5 Å². The molecule has 0 saturated heterocycles. The van der Waals surface area contributed by atoms with Crippen molar-refractivity contribution in [2.75, 3.05) is 11.9 Å². The number of hydrogen-bond donors (Lipinski definition) is 0. The van der Waals surface area contributed by atoms with Gasteiger partial charge in [-0.05, 0) is 29.3 Å². The van der Waals surface area contributed by atoms with Gasteiger partial charge in [0.1, 0.15) is 0 Å². The first-order valence-electron chi connectivity index (χ1n) is 6.46. The van der Waals surface area contributed by atoms with E-state index in [9.17, 15) is 4.79 Å². The monoisotopic (exact) mass is 383 g/mol. The average Bonchev–Trinajstić information content (AvgIpc) is 2.73. The van der Waals surface area contributed by atoms with E-state index in [0.717, 1.165) is 22.4 Å². The van der Waals surface area contributed by atoms with Crippen molar-refractivity contribution in [2.45, 2.75) is 11.2 Å². The summed E-state index contributed by atoms with van der Waals surface area (Å²) in [6, 6.07) is 11.5. The molecule has 2 nitrogen and oxygen atoms in total. The van der Waals surface area contributed by atoms with E-state index in [0.29, 0.717) is 16.5 Å². The van der Waals surface area contributed by atoms with Gasteiger partial charge in [0.15, 0.2) is 0 Å². The molecule has 2 aromatic carbocycles. The second-order valence-electron chi connectivity index (χ2n) is 5.02. The van der Waals surface area contributed by atoms with Crippen molar-refractivity contribution in [1.29, 1.82) is 0 Å². The molecule has 1 unspecified atom stereocenters. The molecule has 0 aliphatic carbocycles. The summed E-state index contributed by atoms with van der Waals surface area (Å²) in [6.07, 6.45) is 0.440. The molecule has 1 heterocycles. The quantitative estimate of drug-likeness (QED) is 0.667. The minimum Gasteiger partial charge on any atom is -0.315 e. The molecule has 0 fully saturated rings. The molecule has 3 rings (SSSR count). The Kier molecular flexibility index (Phi) is 4.00. The number of carbonyl (C=O) groups is 1. The number of likely N-dealkylation sites (N-methyl/N-ethyl adjacent to an activating group) is 1. The number of halogens is 3. The summed E-state index contributed by atoms with van der Waals surface area (Å²) in [5, 5.41) is 1.25. The number of carbonyl (C=O) groups excluding carboxylic acids is 1. The predicted octanol–water partition coefficient (Wildman–Crippen LogP) is 5.00. The van der Waals surface area contributed by atoms with Crippen molar-refractivity contribution in [3.05, 3.63) is 63.1 Å². The van der Waals surface area contributed by atoms with Gasteiger partial charge in [-0.15, -0.1) is 0 Å². The topological polar surface area (TPSA) is 20.3 Å². The van der Waals surface area contributed by atoms with E-state index in [4.69, 9.17) is 23.2 Å². The molecule has 1 aliphatic heterocycles. The van der Waals surface area contributed by atoms with Crippen molar-refractivity contribution >= 4 is 50.7 Å². The second kappa shape index (κ2) is 5.64. The number of anilines is 1. The first-order valence-corrected chi connectivity index (χ1v) is 8.13. The number of nitrogens with zero attached hydrogens (tertiary/aromatic N) is 1. The second-order valence-corrected chi connectivity index (χ2v) is 6.75. The third-order valence-electron chi connectivity index (χ3n) is 3.73. The molecule has 0 bridgehead atoms. The Morgan fingerprint density at radius 3 is 2.52 bits per heavy atom. The maximum atomic E-state index is 11.8. The molecule has 1 aliphatic rings. The minimum absolute atomic E-state index is 0.106. The minimum atomic E-state index is -0.106. The van der Waals surface area contributed by atoms with Crippen LogP contribution in [-0.2, 0) is 11.2 Å². The summed E-state index contributed by atoms with van der Waals surface area (Å²) in [5.74, 6) is 0.115. The van der Waals surface area contributed by atoms with E-state index in [1.807, 2.05) is 36.4 Å². The van der Waals surface area contributed by atoms with Crippen LogP contribution in [0.2, 0.25) is 10.0 Å². The number of fused-ring (bicyclic) bond motifs is 1. The highest BCUT2D eigenvalue weighted by Crippen LogP contribution is 2.41. The normalized spacial score (nSPS) is 15.2. The van der Waals surface area contributed by atoms with E-state index in [1.54, 1.807) is 11.9 Å². The predicted molar refractivity (Wildman–Crippen MR) is 90.8 cm³/mol. The fourth-order valence-corrected chi connectivity index (χ4v) is 4.22. The molecule has 5 heteroatoms. The molecule has 0 N–H and O–H groups in total. The van der Waals surface area contributed by atoms with E-state index in [2.05, 4.69) is 15.9 Å². The Labute approximate surface area is 141 Å². The Morgan fingerprint density at radius 2 is 1.86 bits per heavy atom. The van der Waals surface area contributed by atoms with Crippen molar-refractivity contribution in [2.24, 2.45) is 0 Å². The fraction of sp³-hybridized carbons (Fsp3) is 0.188. The third-order valence-corrected chi connectivity index (χ3v) is 5.37. The van der Waals surface area contributed by atoms with Crippen LogP contribution < -0.4 is 4.90 Å². The highest BCUT2D eigenvalue weighted by atomic mass is 79.9. The van der Waals surface area contributed by atoms with Gasteiger partial charge in [0.25, 0.3) is 0 Å². The van der Waals surface area contributed by atoms with Crippen molar-refractivity contribution in [3.8, 4) is 0 Å². The zero-order valence-corrected chi connectivity index (χ0v) is 14.3. The van der Waals surface area contributed by atoms with E-state index in [1.165, 1.54) is 0 Å². The third kappa shape index (κ3) is 2.59. The largest absolute Gasteiger partial charge is 0.315 e. The van der Waals surface area contributed by atoms with Gasteiger partial charge in [0.05, 0.1) is 11.2 Å². The Hall–Kier alpha value is -1.03. The Morgan fingerprint density at radius 1 is 1.19 bits per heavy atom. The van der Waals surface area contributed by atoms with Gasteiger partial charge in [0.2, 0.25) is 5.91 Å². The van der Waals surface area contributed by atoms with Crippen LogP contribution >= 0.6 is 39.1 Å². The lowest BCUT2D eigenvalue weighted by Gasteiger charge is -2.16. The molecule has 0 saturated carbocycles. The lowest BCUT2D eigenvalue weighted by Crippen LogP contribution is -2.20. The number of hydrogen-bond acceptors (Lipinski definition) is 1. The Bertz CT molecular complexity index is 712. The maximum absolute atomic E-state index is 11.8. The summed E-state index contributed by atoms with van der Waals surface area (Å²) in [6.45, 7) is 0. The van der Waals surface area contributed by atoms with Gasteiger partial charge in [-0.2, -0.15) is 0 Å². The lowest BCUT2D eigenvalue weighted by atomic mass is 10.0. The van der Waals surface area contributed by atoms with Crippen LogP contribution in [0.25, 0.3) is 0 Å². The van der Waals surface area contributed by atoms with E-state index in [-0.39, 0.29) is 10.7 Å². The van der Waals surface area contributed by atoms with Crippen LogP contribution in [0.5, 0.6) is 0 Å². The zero-order valence-electron chi connectivity index (χ0n) is 11.2. The number of benzene rings is 2. The molecule has 1 amide bonds. The van der Waals surface area contributed by atoms with Gasteiger partial charge < -0.3 is 4.90 Å². The number of alkyl halides is 1. The Balaban J connectivity index is 2.02. The maximum Gasteiger partial charge on any atom is 0.231 e. The molecular weight excluding hydrogens is 373 g/mol. The number of amides is 1. The van der Waals surface area contributed by atoms with Crippen LogP contribution in [0.3, 0.4) is 0 Å². The molecular formula is C16H12BrCl2NO. The van der Waals surface area contributed by atoms with Crippen molar-refractivity contribution in [3.63, 3.8) is 0 Å². The average molecular weight is 385 g/mol. The van der Waals surface area contributed by atoms with Gasteiger partial charge in [-0.3, -0.25) is 4.79 Å². The summed E-state index contributed by atoms with van der Waals surface area (Å²) in [5.41, 5.74) is 3.88. The van der Waals surface area contributed by atoms with Gasteiger partial charge in [-0.25, -0.2) is 0 Å². The smallest absolute Gasteiger partial charge is 0.231 e. The molecule has 108 valence electrons. The van der Waals surface area contributed by atoms with E-state index < -0.39 is 0 Å². The summed E-state index contributed by atoms with van der Waals surface area (Å²) < 4.78 is 0. The molecule has 0 aromatic heterocycles. The zero-order chi connectivity index (χ0) is 15.1. The summed E-state index contributed by atoms with van der Waals surface area (Å²) in [4.78, 5) is 13.3. The first-order chi connectivity index (χ1) is 9.99. The van der Waals surface area contributed by atoms with Gasteiger partial charge in [-0.1, -0.05) is 57.3 Å². The number of rotatable bonds is 2. The molecule has 21 heavy (non-hydrogen) atoms. The first kappa shape index (κ1) is 14.9. The molecule has 0 radical (unpaired) electrons. The molecule has 1 atom stereocenters. The van der Waals surface area contributed by atoms with Gasteiger partial charge in [0, 0.05) is 28.3 Å². The van der Waals surface area contributed by atoms with Crippen molar-refractivity contribution < 1.29 is 4.79 Å². The van der Waals surface area contributed by atoms with Crippen molar-refractivity contribution in [1.82, 2.24) is 0 Å². The van der Waals surface area contributed by atoms with Crippen LogP contribution in [-0.4, -0.2) is 13.0 Å². The fourth-order valence-electron chi connectivity index (χ4n) is 2.57. The van der Waals surface area contributed by atoms with Crippen LogP contribution in [0.15, 0.2) is 36.4 Å². The summed E-state index contributed by atoms with van der Waals surface area (Å²) in [7, 11) is 1.80. The SMILES string of the molecule is CN1C(=O)Cc2cc(C(Br)c3c(Cl)cccc3Cl)ccc21. The van der Waals surface area contributed by atoms with Gasteiger partial charge >= 0.3 is 0 Å². The molecule has 2 aromatic rings. The highest BCUT2D eigenvalue weighted by Gasteiger charge is 2.25. The summed E-state index contributed by atoms with van der Waals surface area (Å²) >= 11 is 16.2. The highest BCUT2D eigenvalue weighted by molar-refractivity contribution is 9.09.